The minimum atomic E-state index is -0.999. The molecule has 1 unspecified atom stereocenters. The minimum absolute atomic E-state index is 0.121. The van der Waals surface area contributed by atoms with Gasteiger partial charge < -0.3 is 10.4 Å². The van der Waals surface area contributed by atoms with Crippen molar-refractivity contribution in [3.8, 4) is 0 Å². The molecule has 2 aromatic carbocycles. The zero-order chi connectivity index (χ0) is 21.6. The smallest absolute Gasteiger partial charge is 0.337 e. The number of carboxylic acid groups (broad SMARTS) is 1. The van der Waals surface area contributed by atoms with Crippen LogP contribution in [0.4, 0.5) is 5.69 Å². The molecule has 0 aliphatic carbocycles. The second-order valence-electron chi connectivity index (χ2n) is 7.36. The molecule has 4 rings (SSSR count). The Kier molecular flexibility index (Phi) is 4.66. The number of aromatic nitrogens is 3. The molecule has 0 amide bonds. The number of carbonyl (C=O) groups is 1. The predicted molar refractivity (Wildman–Crippen MR) is 118 cm³/mol. The largest absolute Gasteiger partial charge is 0.478 e. The maximum atomic E-state index is 13.1. The molecule has 0 aliphatic rings. The number of hydrogen-bond donors (Lipinski definition) is 2. The first kappa shape index (κ1) is 19.4. The fourth-order valence-corrected chi connectivity index (χ4v) is 3.95. The van der Waals surface area contributed by atoms with Crippen LogP contribution in [0.25, 0.3) is 22.6 Å². The third-order valence-electron chi connectivity index (χ3n) is 5.34. The van der Waals surface area contributed by atoms with Gasteiger partial charge in [0.15, 0.2) is 0 Å². The van der Waals surface area contributed by atoms with Crippen LogP contribution in [0.3, 0.4) is 0 Å². The second kappa shape index (κ2) is 7.18. The average molecular weight is 402 g/mol. The highest BCUT2D eigenvalue weighted by atomic mass is 16.4. The lowest BCUT2D eigenvalue weighted by Crippen LogP contribution is -2.21. The second-order valence-corrected chi connectivity index (χ2v) is 7.36. The van der Waals surface area contributed by atoms with Gasteiger partial charge in [-0.2, -0.15) is 0 Å². The van der Waals surface area contributed by atoms with Gasteiger partial charge in [0.2, 0.25) is 0 Å². The van der Waals surface area contributed by atoms with E-state index in [0.29, 0.717) is 22.4 Å². The summed E-state index contributed by atoms with van der Waals surface area (Å²) >= 11 is 0. The summed E-state index contributed by atoms with van der Waals surface area (Å²) in [7, 11) is 1.72. The zero-order valence-electron chi connectivity index (χ0n) is 17.0. The highest BCUT2D eigenvalue weighted by Crippen LogP contribution is 2.29. The van der Waals surface area contributed by atoms with E-state index in [0.717, 1.165) is 16.6 Å². The van der Waals surface area contributed by atoms with Crippen molar-refractivity contribution in [2.75, 3.05) is 5.32 Å². The van der Waals surface area contributed by atoms with Gasteiger partial charge in [0, 0.05) is 12.7 Å². The van der Waals surface area contributed by atoms with Gasteiger partial charge in [0.05, 0.1) is 22.5 Å². The van der Waals surface area contributed by atoms with Crippen molar-refractivity contribution in [2.24, 2.45) is 7.05 Å². The Hall–Kier alpha value is -3.87. The fraction of sp³-hybridized carbons (Fsp3) is 0.174. The summed E-state index contributed by atoms with van der Waals surface area (Å²) in [6.07, 6.45) is 3.31. The number of fused-ring (bicyclic) bond motifs is 3. The van der Waals surface area contributed by atoms with Crippen LogP contribution in [0.1, 0.15) is 40.1 Å². The van der Waals surface area contributed by atoms with Crippen LogP contribution in [-0.2, 0) is 7.05 Å². The summed E-state index contributed by atoms with van der Waals surface area (Å²) in [5, 5.41) is 13.4. The first-order chi connectivity index (χ1) is 14.3. The topological polar surface area (TPSA) is 88.6 Å². The van der Waals surface area contributed by atoms with Crippen molar-refractivity contribution in [1.82, 2.24) is 14.0 Å². The number of hydrogen-bond acceptors (Lipinski definition) is 4. The molecule has 2 heterocycles. The number of anilines is 1. The number of aryl methyl sites for hydroxylation is 2. The van der Waals surface area contributed by atoms with E-state index >= 15 is 0 Å². The lowest BCUT2D eigenvalue weighted by atomic mass is 10.00. The summed E-state index contributed by atoms with van der Waals surface area (Å²) in [4.78, 5) is 29.1. The normalized spacial score (nSPS) is 12.2. The number of benzene rings is 2. The Morgan fingerprint density at radius 3 is 2.73 bits per heavy atom. The molecule has 0 saturated heterocycles. The third-order valence-corrected chi connectivity index (χ3v) is 5.34. The Morgan fingerprint density at radius 2 is 2.03 bits per heavy atom. The highest BCUT2D eigenvalue weighted by Gasteiger charge is 2.20. The predicted octanol–water partition coefficient (Wildman–Crippen LogP) is 4.01. The van der Waals surface area contributed by atoms with Crippen molar-refractivity contribution in [3.63, 3.8) is 0 Å². The van der Waals surface area contributed by atoms with Gasteiger partial charge in [0.25, 0.3) is 5.56 Å². The van der Waals surface area contributed by atoms with Crippen LogP contribution in [-0.4, -0.2) is 25.0 Å². The van der Waals surface area contributed by atoms with E-state index in [2.05, 4.69) is 16.9 Å². The average Bonchev–Trinajstić information content (AvgIpc) is 3.15. The molecule has 4 aromatic rings. The number of carboxylic acids is 1. The number of aromatic carboxylic acids is 1. The molecule has 152 valence electrons. The molecule has 0 fully saturated rings. The molecule has 30 heavy (non-hydrogen) atoms. The Morgan fingerprint density at radius 1 is 1.30 bits per heavy atom. The Bertz CT molecular complexity index is 1380. The first-order valence-corrected chi connectivity index (χ1v) is 9.55. The number of nitrogens with one attached hydrogen (secondary N) is 1. The molecule has 0 bridgehead atoms. The molecule has 0 radical (unpaired) electrons. The zero-order valence-corrected chi connectivity index (χ0v) is 17.0. The fourth-order valence-electron chi connectivity index (χ4n) is 3.95. The number of para-hydroxylation sites is 1. The van der Waals surface area contributed by atoms with Crippen LogP contribution in [0, 0.1) is 6.92 Å². The van der Waals surface area contributed by atoms with E-state index in [1.807, 2.05) is 30.4 Å². The molecule has 7 nitrogen and oxygen atoms in total. The van der Waals surface area contributed by atoms with E-state index in [1.54, 1.807) is 48.3 Å². The molecule has 0 saturated carbocycles. The van der Waals surface area contributed by atoms with Crippen LogP contribution < -0.4 is 10.9 Å². The van der Waals surface area contributed by atoms with Gasteiger partial charge in [-0.05, 0) is 49.2 Å². The lowest BCUT2D eigenvalue weighted by Gasteiger charge is -2.21. The number of imidazole rings is 1. The number of rotatable bonds is 5. The third kappa shape index (κ3) is 2.95. The summed E-state index contributed by atoms with van der Waals surface area (Å²) in [6.45, 7) is 7.68. The van der Waals surface area contributed by atoms with Crippen molar-refractivity contribution in [2.45, 2.75) is 19.9 Å². The van der Waals surface area contributed by atoms with Crippen molar-refractivity contribution >= 4 is 34.3 Å². The van der Waals surface area contributed by atoms with Gasteiger partial charge in [-0.25, -0.2) is 9.78 Å². The van der Waals surface area contributed by atoms with Gasteiger partial charge in [-0.15, -0.1) is 0 Å². The van der Waals surface area contributed by atoms with E-state index in [4.69, 9.17) is 0 Å². The van der Waals surface area contributed by atoms with E-state index in [9.17, 15) is 14.7 Å². The minimum Gasteiger partial charge on any atom is -0.478 e. The molecule has 1 atom stereocenters. The SMILES string of the molecule is C=Cc1ncn2c3c(C(C)Nc4ccccc4C(=O)O)cc(C)cc3c(=O)n(C)c12. The van der Waals surface area contributed by atoms with Gasteiger partial charge in [-0.1, -0.05) is 24.8 Å². The summed E-state index contributed by atoms with van der Waals surface area (Å²) in [6, 6.07) is 10.4. The highest BCUT2D eigenvalue weighted by molar-refractivity contribution is 5.94. The summed E-state index contributed by atoms with van der Waals surface area (Å²) < 4.78 is 3.47. The van der Waals surface area contributed by atoms with E-state index in [1.165, 1.54) is 0 Å². The quantitative estimate of drug-likeness (QED) is 0.527. The molecule has 0 spiro atoms. The molecule has 7 heteroatoms. The van der Waals surface area contributed by atoms with Crippen molar-refractivity contribution in [3.05, 3.63) is 82.0 Å². The van der Waals surface area contributed by atoms with Gasteiger partial charge in [-0.3, -0.25) is 13.8 Å². The van der Waals surface area contributed by atoms with Crippen LogP contribution in [0.15, 0.2) is 54.1 Å². The van der Waals surface area contributed by atoms with E-state index in [-0.39, 0.29) is 17.2 Å². The van der Waals surface area contributed by atoms with Crippen molar-refractivity contribution < 1.29 is 9.90 Å². The monoisotopic (exact) mass is 402 g/mol. The summed E-state index contributed by atoms with van der Waals surface area (Å²) in [5.74, 6) is -0.999. The molecule has 2 aromatic heterocycles. The van der Waals surface area contributed by atoms with Crippen molar-refractivity contribution in [1.29, 1.82) is 0 Å². The van der Waals surface area contributed by atoms with E-state index < -0.39 is 5.97 Å². The molecular formula is C23H22N4O3. The van der Waals surface area contributed by atoms with Crippen LogP contribution in [0.2, 0.25) is 0 Å². The van der Waals surface area contributed by atoms with Crippen LogP contribution >= 0.6 is 0 Å². The maximum absolute atomic E-state index is 13.1. The Balaban J connectivity index is 1.98. The van der Waals surface area contributed by atoms with Gasteiger partial charge in [0.1, 0.15) is 17.7 Å². The summed E-state index contributed by atoms with van der Waals surface area (Å²) in [5.41, 5.74) is 4.43. The lowest BCUT2D eigenvalue weighted by molar-refractivity contribution is 0.0698. The standard InChI is InChI=1S/C23H22N4O3/c1-5-18-21-26(4)22(28)17-11-13(2)10-16(20(17)27(21)12-24-18)14(3)25-19-9-7-6-8-15(19)23(29)30/h5-12,14,25H,1H2,2-4H3,(H,29,30). The molecule has 0 aliphatic heterocycles. The Labute approximate surface area is 172 Å². The van der Waals surface area contributed by atoms with Gasteiger partial charge >= 0.3 is 5.97 Å². The van der Waals surface area contributed by atoms with Crippen LogP contribution in [0.5, 0.6) is 0 Å². The molecular weight excluding hydrogens is 380 g/mol. The number of nitrogens with zero attached hydrogens (tertiary/aromatic N) is 3. The maximum Gasteiger partial charge on any atom is 0.337 e. The molecule has 2 N–H and O–H groups in total. The first-order valence-electron chi connectivity index (χ1n) is 9.55.